The van der Waals surface area contributed by atoms with E-state index in [1.54, 1.807) is 0 Å². The lowest BCUT2D eigenvalue weighted by Crippen LogP contribution is -2.17. The number of benzene rings is 1. The van der Waals surface area contributed by atoms with Gasteiger partial charge >= 0.3 is 0 Å². The van der Waals surface area contributed by atoms with Gasteiger partial charge in [-0.05, 0) is 5.56 Å². The van der Waals surface area contributed by atoms with Crippen LogP contribution in [0.4, 0.5) is 0 Å². The van der Waals surface area contributed by atoms with E-state index >= 15 is 0 Å². The summed E-state index contributed by atoms with van der Waals surface area (Å²) in [5, 5.41) is 18.7. The van der Waals surface area contributed by atoms with Crippen LogP contribution in [-0.4, -0.2) is 28.5 Å². The van der Waals surface area contributed by atoms with Gasteiger partial charge in [-0.1, -0.05) is 30.3 Å². The van der Waals surface area contributed by atoms with Crippen molar-refractivity contribution in [3.8, 4) is 0 Å². The molecule has 1 aliphatic carbocycles. The Morgan fingerprint density at radius 3 is 2.27 bits per heavy atom. The Bertz CT molecular complexity index is 289. The quantitative estimate of drug-likeness (QED) is 0.781. The van der Waals surface area contributed by atoms with E-state index in [1.807, 2.05) is 30.3 Å². The first-order valence-electron chi connectivity index (χ1n) is 5.27. The second kappa shape index (κ2) is 4.75. The largest absolute Gasteiger partial charge is 0.390 e. The Labute approximate surface area is 89.3 Å². The summed E-state index contributed by atoms with van der Waals surface area (Å²) in [7, 11) is 0. The standard InChI is InChI=1S/C12H16O3/c13-11-6-10(7-12(11)14)15-8-9-4-2-1-3-5-9/h1-5,10-14H,6-8H2/t10-,11-,12+. The molecule has 0 aliphatic heterocycles. The van der Waals surface area contributed by atoms with E-state index < -0.39 is 12.2 Å². The molecule has 1 fully saturated rings. The molecule has 3 heteroatoms. The molecule has 0 spiro atoms. The third-order valence-electron chi connectivity index (χ3n) is 2.78. The highest BCUT2D eigenvalue weighted by atomic mass is 16.5. The minimum Gasteiger partial charge on any atom is -0.390 e. The summed E-state index contributed by atoms with van der Waals surface area (Å²) in [5.74, 6) is 0. The molecular weight excluding hydrogens is 192 g/mol. The Hall–Kier alpha value is -0.900. The maximum absolute atomic E-state index is 9.34. The fourth-order valence-corrected chi connectivity index (χ4v) is 1.87. The van der Waals surface area contributed by atoms with Crippen LogP contribution in [0.1, 0.15) is 18.4 Å². The number of hydrogen-bond acceptors (Lipinski definition) is 3. The van der Waals surface area contributed by atoms with Crippen molar-refractivity contribution in [2.24, 2.45) is 0 Å². The SMILES string of the molecule is O[C@@H]1C[C@@H](OCc2ccccc2)C[C@@H]1O. The van der Waals surface area contributed by atoms with Crippen LogP contribution in [0.15, 0.2) is 30.3 Å². The number of hydrogen-bond donors (Lipinski definition) is 2. The lowest BCUT2D eigenvalue weighted by molar-refractivity contribution is 0.0354. The van der Waals surface area contributed by atoms with E-state index in [0.717, 1.165) is 5.56 Å². The highest BCUT2D eigenvalue weighted by Crippen LogP contribution is 2.23. The molecule has 0 heterocycles. The monoisotopic (exact) mass is 208 g/mol. The third-order valence-corrected chi connectivity index (χ3v) is 2.78. The van der Waals surface area contributed by atoms with E-state index in [-0.39, 0.29) is 6.10 Å². The van der Waals surface area contributed by atoms with E-state index in [0.29, 0.717) is 19.4 Å². The lowest BCUT2D eigenvalue weighted by atomic mass is 10.2. The van der Waals surface area contributed by atoms with Crippen LogP contribution >= 0.6 is 0 Å². The minimum atomic E-state index is -0.620. The molecule has 1 saturated carbocycles. The van der Waals surface area contributed by atoms with Gasteiger partial charge in [-0.15, -0.1) is 0 Å². The van der Waals surface area contributed by atoms with Gasteiger partial charge < -0.3 is 14.9 Å². The number of aliphatic hydroxyl groups excluding tert-OH is 2. The van der Waals surface area contributed by atoms with E-state index in [9.17, 15) is 10.2 Å². The maximum atomic E-state index is 9.34. The van der Waals surface area contributed by atoms with Crippen LogP contribution in [0.3, 0.4) is 0 Å². The molecule has 0 saturated heterocycles. The predicted octanol–water partition coefficient (Wildman–Crippen LogP) is 1.09. The summed E-state index contributed by atoms with van der Waals surface area (Å²) in [5.41, 5.74) is 1.12. The van der Waals surface area contributed by atoms with Crippen molar-refractivity contribution in [1.82, 2.24) is 0 Å². The molecule has 0 amide bonds. The van der Waals surface area contributed by atoms with Crippen LogP contribution in [0.25, 0.3) is 0 Å². The molecule has 1 aromatic rings. The van der Waals surface area contributed by atoms with E-state index in [1.165, 1.54) is 0 Å². The first kappa shape index (κ1) is 10.6. The smallest absolute Gasteiger partial charge is 0.0824 e. The molecule has 2 rings (SSSR count). The van der Waals surface area contributed by atoms with Gasteiger partial charge in [0, 0.05) is 12.8 Å². The number of rotatable bonds is 3. The molecule has 3 atom stereocenters. The fourth-order valence-electron chi connectivity index (χ4n) is 1.87. The molecule has 1 aromatic carbocycles. The van der Waals surface area contributed by atoms with Crippen LogP contribution in [0, 0.1) is 0 Å². The first-order chi connectivity index (χ1) is 7.25. The van der Waals surface area contributed by atoms with Gasteiger partial charge in [0.25, 0.3) is 0 Å². The zero-order valence-electron chi connectivity index (χ0n) is 8.54. The molecule has 0 unspecified atom stereocenters. The van der Waals surface area contributed by atoms with E-state index in [4.69, 9.17) is 4.74 Å². The number of aliphatic hydroxyl groups is 2. The van der Waals surface area contributed by atoms with Gasteiger partial charge in [-0.3, -0.25) is 0 Å². The van der Waals surface area contributed by atoms with Gasteiger partial charge in [-0.2, -0.15) is 0 Å². The van der Waals surface area contributed by atoms with Gasteiger partial charge in [0.2, 0.25) is 0 Å². The first-order valence-corrected chi connectivity index (χ1v) is 5.27. The van der Waals surface area contributed by atoms with Crippen LogP contribution in [0.2, 0.25) is 0 Å². The lowest BCUT2D eigenvalue weighted by Gasteiger charge is -2.10. The second-order valence-electron chi connectivity index (χ2n) is 4.02. The Morgan fingerprint density at radius 2 is 1.67 bits per heavy atom. The highest BCUT2D eigenvalue weighted by molar-refractivity contribution is 5.13. The van der Waals surface area contributed by atoms with Crippen molar-refractivity contribution in [2.75, 3.05) is 0 Å². The average molecular weight is 208 g/mol. The molecule has 0 radical (unpaired) electrons. The molecule has 82 valence electrons. The molecule has 1 aliphatic rings. The Balaban J connectivity index is 1.80. The van der Waals surface area contributed by atoms with Crippen molar-refractivity contribution in [3.63, 3.8) is 0 Å². The summed E-state index contributed by atoms with van der Waals surface area (Å²) in [6.07, 6.45) is -0.186. The minimum absolute atomic E-state index is 0.0183. The summed E-state index contributed by atoms with van der Waals surface area (Å²) in [6.45, 7) is 0.547. The zero-order chi connectivity index (χ0) is 10.7. The van der Waals surface area contributed by atoms with Crippen molar-refractivity contribution in [3.05, 3.63) is 35.9 Å². The second-order valence-corrected chi connectivity index (χ2v) is 4.02. The topological polar surface area (TPSA) is 49.7 Å². The van der Waals surface area contributed by atoms with Gasteiger partial charge in [-0.25, -0.2) is 0 Å². The van der Waals surface area contributed by atoms with E-state index in [2.05, 4.69) is 0 Å². The van der Waals surface area contributed by atoms with Gasteiger partial charge in [0.05, 0.1) is 24.9 Å². The van der Waals surface area contributed by atoms with Crippen LogP contribution in [-0.2, 0) is 11.3 Å². The fraction of sp³-hybridized carbons (Fsp3) is 0.500. The molecule has 0 bridgehead atoms. The Morgan fingerprint density at radius 1 is 1.07 bits per heavy atom. The molecule has 2 N–H and O–H groups in total. The molecule has 3 nitrogen and oxygen atoms in total. The third kappa shape index (κ3) is 2.78. The summed E-state index contributed by atoms with van der Waals surface area (Å²) in [4.78, 5) is 0. The average Bonchev–Trinajstić information content (AvgIpc) is 2.57. The molecule has 0 aromatic heterocycles. The van der Waals surface area contributed by atoms with Crippen molar-refractivity contribution in [2.45, 2.75) is 37.8 Å². The van der Waals surface area contributed by atoms with Crippen molar-refractivity contribution in [1.29, 1.82) is 0 Å². The zero-order valence-corrected chi connectivity index (χ0v) is 8.54. The van der Waals surface area contributed by atoms with Gasteiger partial charge in [0.1, 0.15) is 0 Å². The van der Waals surface area contributed by atoms with Crippen molar-refractivity contribution < 1.29 is 14.9 Å². The van der Waals surface area contributed by atoms with Gasteiger partial charge in [0.15, 0.2) is 0 Å². The summed E-state index contributed by atoms with van der Waals surface area (Å²) < 4.78 is 5.61. The normalized spacial score (nSPS) is 30.7. The predicted molar refractivity (Wildman–Crippen MR) is 56.3 cm³/mol. The molecular formula is C12H16O3. The summed E-state index contributed by atoms with van der Waals surface area (Å²) in [6, 6.07) is 9.91. The number of ether oxygens (including phenoxy) is 1. The van der Waals surface area contributed by atoms with Crippen LogP contribution in [0.5, 0.6) is 0 Å². The van der Waals surface area contributed by atoms with Crippen LogP contribution < -0.4 is 0 Å². The van der Waals surface area contributed by atoms with Crippen molar-refractivity contribution >= 4 is 0 Å². The summed E-state index contributed by atoms with van der Waals surface area (Å²) >= 11 is 0. The Kier molecular flexibility index (Phi) is 3.36. The highest BCUT2D eigenvalue weighted by Gasteiger charge is 2.31. The maximum Gasteiger partial charge on any atom is 0.0824 e. The molecule has 15 heavy (non-hydrogen) atoms.